The number of hydrogen-bond donors (Lipinski definition) is 2. The third kappa shape index (κ3) is 6.10. The molecule has 0 atom stereocenters. The molecular weight excluding hydrogens is 484 g/mol. The summed E-state index contributed by atoms with van der Waals surface area (Å²) in [6.07, 6.45) is 5.18. The monoisotopic (exact) mass is 518 g/mol. The maximum absolute atomic E-state index is 13.9. The fourth-order valence-electron chi connectivity index (χ4n) is 4.74. The van der Waals surface area contributed by atoms with Crippen LogP contribution in [0.3, 0.4) is 0 Å². The van der Waals surface area contributed by atoms with Gasteiger partial charge in [-0.25, -0.2) is 14.6 Å². The molecule has 0 bridgehead atoms. The first-order chi connectivity index (χ1) is 18.0. The Hall–Kier alpha value is -4.01. The molecule has 0 spiro atoms. The van der Waals surface area contributed by atoms with Crippen LogP contribution in [0.5, 0.6) is 0 Å². The van der Waals surface area contributed by atoms with Crippen LogP contribution in [0.15, 0.2) is 53.6 Å². The molecule has 1 saturated carbocycles. The molecule has 0 radical (unpaired) electrons. The van der Waals surface area contributed by atoms with Gasteiger partial charge in [0.05, 0.1) is 23.5 Å². The highest BCUT2D eigenvalue weighted by molar-refractivity contribution is 6.13. The first-order valence-electron chi connectivity index (χ1n) is 13.0. The molecule has 9 heteroatoms. The lowest BCUT2D eigenvalue weighted by Crippen LogP contribution is -2.47. The maximum Gasteiger partial charge on any atom is 0.345 e. The van der Waals surface area contributed by atoms with E-state index in [1.165, 1.54) is 29.2 Å². The summed E-state index contributed by atoms with van der Waals surface area (Å²) in [6, 6.07) is 12.7. The number of Topliss-reactive ketones (excluding diaryl/α,β-unsaturated/α-hetero) is 1. The molecule has 1 fully saturated rings. The standard InChI is InChI=1S/C29H34N4O5/c1-29(2,3)24(34)17-32-23-12-8-7-11-22(23)26(19-9-5-4-6-10-19)31-33(28(32)38)18-25(35)30-21-15-13-20(14-16-21)27(36)37/h7-8,11-16,19H,4-6,9-10,17-18H2,1-3H3,(H,30,35)(H,36,37). The largest absolute Gasteiger partial charge is 0.478 e. The Kier molecular flexibility index (Phi) is 7.94. The van der Waals surface area contributed by atoms with Gasteiger partial charge in [0.1, 0.15) is 6.54 Å². The van der Waals surface area contributed by atoms with Crippen LogP contribution in [-0.4, -0.2) is 52.6 Å². The molecule has 0 aromatic heterocycles. The van der Waals surface area contributed by atoms with E-state index in [9.17, 15) is 19.2 Å². The number of para-hydroxylation sites is 1. The third-order valence-electron chi connectivity index (χ3n) is 6.99. The molecule has 2 aliphatic rings. The van der Waals surface area contributed by atoms with Gasteiger partial charge in [-0.05, 0) is 43.2 Å². The van der Waals surface area contributed by atoms with Crippen molar-refractivity contribution in [3.05, 3.63) is 59.7 Å². The highest BCUT2D eigenvalue weighted by Crippen LogP contribution is 2.34. The molecule has 3 amide bonds. The lowest BCUT2D eigenvalue weighted by Gasteiger charge is -2.28. The number of hydrazone groups is 1. The molecule has 4 rings (SSSR count). The second kappa shape index (κ2) is 11.2. The summed E-state index contributed by atoms with van der Waals surface area (Å²) < 4.78 is 0. The number of urea groups is 1. The minimum Gasteiger partial charge on any atom is -0.478 e. The summed E-state index contributed by atoms with van der Waals surface area (Å²) in [5, 5.41) is 17.7. The van der Waals surface area contributed by atoms with E-state index < -0.39 is 23.3 Å². The summed E-state index contributed by atoms with van der Waals surface area (Å²) in [5.74, 6) is -1.51. The molecule has 2 N–H and O–H groups in total. The Morgan fingerprint density at radius 1 is 0.974 bits per heavy atom. The fourth-order valence-corrected chi connectivity index (χ4v) is 4.74. The van der Waals surface area contributed by atoms with Crippen LogP contribution in [-0.2, 0) is 9.59 Å². The molecule has 1 aliphatic heterocycles. The summed E-state index contributed by atoms with van der Waals surface area (Å²) in [6.45, 7) is 4.95. The number of carboxylic acids is 1. The van der Waals surface area contributed by atoms with Crippen molar-refractivity contribution in [1.29, 1.82) is 0 Å². The smallest absolute Gasteiger partial charge is 0.345 e. The number of hydrogen-bond acceptors (Lipinski definition) is 5. The zero-order chi connectivity index (χ0) is 27.4. The van der Waals surface area contributed by atoms with Crippen molar-refractivity contribution < 1.29 is 24.3 Å². The van der Waals surface area contributed by atoms with Gasteiger partial charge < -0.3 is 10.4 Å². The molecule has 38 heavy (non-hydrogen) atoms. The van der Waals surface area contributed by atoms with Crippen molar-refractivity contribution in [3.8, 4) is 0 Å². The lowest BCUT2D eigenvalue weighted by atomic mass is 9.83. The van der Waals surface area contributed by atoms with Crippen molar-refractivity contribution in [2.24, 2.45) is 16.4 Å². The molecule has 1 aliphatic carbocycles. The zero-order valence-corrected chi connectivity index (χ0v) is 22.1. The Bertz CT molecular complexity index is 1260. The number of ketones is 1. The number of fused-ring (bicyclic) bond motifs is 1. The van der Waals surface area contributed by atoms with Gasteiger partial charge in [-0.3, -0.25) is 14.5 Å². The lowest BCUT2D eigenvalue weighted by molar-refractivity contribution is -0.124. The van der Waals surface area contributed by atoms with E-state index in [0.29, 0.717) is 11.4 Å². The van der Waals surface area contributed by atoms with Gasteiger partial charge in [0.2, 0.25) is 5.91 Å². The molecular formula is C29H34N4O5. The van der Waals surface area contributed by atoms with Gasteiger partial charge in [-0.15, -0.1) is 0 Å². The number of carbonyl (C=O) groups is 4. The van der Waals surface area contributed by atoms with Gasteiger partial charge >= 0.3 is 12.0 Å². The maximum atomic E-state index is 13.9. The van der Waals surface area contributed by atoms with E-state index in [1.807, 2.05) is 45.0 Å². The predicted molar refractivity (Wildman–Crippen MR) is 145 cm³/mol. The summed E-state index contributed by atoms with van der Waals surface area (Å²) in [4.78, 5) is 52.5. The zero-order valence-electron chi connectivity index (χ0n) is 22.1. The normalized spacial score (nSPS) is 16.4. The first kappa shape index (κ1) is 27.0. The van der Waals surface area contributed by atoms with Gasteiger partial charge in [0.25, 0.3) is 0 Å². The number of nitrogens with zero attached hydrogens (tertiary/aromatic N) is 3. The number of amides is 3. The van der Waals surface area contributed by atoms with Gasteiger partial charge in [0.15, 0.2) is 5.78 Å². The van der Waals surface area contributed by atoms with Crippen LogP contribution in [0.2, 0.25) is 0 Å². The Morgan fingerprint density at radius 2 is 1.63 bits per heavy atom. The predicted octanol–water partition coefficient (Wildman–Crippen LogP) is 5.17. The summed E-state index contributed by atoms with van der Waals surface area (Å²) in [7, 11) is 0. The molecule has 0 unspecified atom stereocenters. The Balaban J connectivity index is 1.67. The molecule has 2 aromatic rings. The number of benzene rings is 2. The van der Waals surface area contributed by atoms with Crippen LogP contribution in [0.25, 0.3) is 0 Å². The van der Waals surface area contributed by atoms with E-state index in [-0.39, 0.29) is 30.4 Å². The van der Waals surface area contributed by atoms with Crippen LogP contribution < -0.4 is 10.2 Å². The number of rotatable bonds is 7. The molecule has 0 saturated heterocycles. The van der Waals surface area contributed by atoms with E-state index in [0.717, 1.165) is 48.4 Å². The van der Waals surface area contributed by atoms with Crippen LogP contribution in [0.4, 0.5) is 16.2 Å². The van der Waals surface area contributed by atoms with Crippen molar-refractivity contribution in [2.75, 3.05) is 23.3 Å². The fraction of sp³-hybridized carbons (Fsp3) is 0.414. The van der Waals surface area contributed by atoms with Crippen LogP contribution in [0, 0.1) is 11.3 Å². The number of carbonyl (C=O) groups excluding carboxylic acids is 3. The molecule has 1 heterocycles. The van der Waals surface area contributed by atoms with Crippen LogP contribution in [0.1, 0.15) is 68.8 Å². The van der Waals surface area contributed by atoms with Gasteiger partial charge in [-0.1, -0.05) is 58.2 Å². The number of aromatic carboxylic acids is 1. The third-order valence-corrected chi connectivity index (χ3v) is 6.99. The number of carboxylic acid groups (broad SMARTS) is 1. The molecule has 9 nitrogen and oxygen atoms in total. The number of nitrogens with one attached hydrogen (secondary N) is 1. The topological polar surface area (TPSA) is 119 Å². The van der Waals surface area contributed by atoms with E-state index >= 15 is 0 Å². The van der Waals surface area contributed by atoms with Gasteiger partial charge in [0, 0.05) is 22.6 Å². The SMILES string of the molecule is CC(C)(C)C(=O)CN1C(=O)N(CC(=O)Nc2ccc(C(=O)O)cc2)N=C(C2CCCCC2)c2ccccc21. The Labute approximate surface area is 222 Å². The van der Waals surface area contributed by atoms with Crippen molar-refractivity contribution in [3.63, 3.8) is 0 Å². The average Bonchev–Trinajstić information content (AvgIpc) is 2.99. The quantitative estimate of drug-likeness (QED) is 0.524. The summed E-state index contributed by atoms with van der Waals surface area (Å²) >= 11 is 0. The Morgan fingerprint density at radius 3 is 2.26 bits per heavy atom. The summed E-state index contributed by atoms with van der Waals surface area (Å²) in [5.41, 5.74) is 2.04. The number of anilines is 2. The van der Waals surface area contributed by atoms with Gasteiger partial charge in [-0.2, -0.15) is 5.10 Å². The van der Waals surface area contributed by atoms with Crippen molar-refractivity contribution in [1.82, 2.24) is 5.01 Å². The first-order valence-corrected chi connectivity index (χ1v) is 13.0. The highest BCUT2D eigenvalue weighted by atomic mass is 16.4. The molecule has 2 aromatic carbocycles. The van der Waals surface area contributed by atoms with Crippen LogP contribution >= 0.6 is 0 Å². The van der Waals surface area contributed by atoms with E-state index in [1.54, 1.807) is 0 Å². The minimum absolute atomic E-state index is 0.101. The highest BCUT2D eigenvalue weighted by Gasteiger charge is 2.36. The molecule has 200 valence electrons. The van der Waals surface area contributed by atoms with E-state index in [4.69, 9.17) is 10.2 Å². The van der Waals surface area contributed by atoms with E-state index in [2.05, 4.69) is 5.32 Å². The minimum atomic E-state index is -1.06. The second-order valence-electron chi connectivity index (χ2n) is 10.9. The second-order valence-corrected chi connectivity index (χ2v) is 10.9. The van der Waals surface area contributed by atoms with Crippen molar-refractivity contribution >= 4 is 40.8 Å². The average molecular weight is 519 g/mol. The van der Waals surface area contributed by atoms with Crippen molar-refractivity contribution in [2.45, 2.75) is 52.9 Å².